The molecule has 1 aromatic carbocycles. The van der Waals surface area contributed by atoms with Crippen LogP contribution in [0.1, 0.15) is 24.8 Å². The molecule has 0 unspecified atom stereocenters. The van der Waals surface area contributed by atoms with E-state index in [1.165, 1.54) is 0 Å². The zero-order valence-electron chi connectivity index (χ0n) is 7.03. The molecule has 0 saturated carbocycles. The second-order valence-electron chi connectivity index (χ2n) is 2.71. The van der Waals surface area contributed by atoms with E-state index in [1.807, 2.05) is 37.3 Å². The Morgan fingerprint density at radius 2 is 2.00 bits per heavy atom. The van der Waals surface area contributed by atoms with Gasteiger partial charge in [-0.1, -0.05) is 37.3 Å². The molecular formula is C10H12OS. The summed E-state index contributed by atoms with van der Waals surface area (Å²) in [5, 5.41) is -0.0521. The maximum absolute atomic E-state index is 11.0. The van der Waals surface area contributed by atoms with Gasteiger partial charge in [-0.25, -0.2) is 0 Å². The minimum absolute atomic E-state index is 0.0467. The van der Waals surface area contributed by atoms with E-state index in [2.05, 4.69) is 12.6 Å². The predicted molar refractivity (Wildman–Crippen MR) is 53.5 cm³/mol. The first-order valence-corrected chi connectivity index (χ1v) is 4.48. The van der Waals surface area contributed by atoms with Crippen LogP contribution in [0.4, 0.5) is 0 Å². The van der Waals surface area contributed by atoms with Crippen LogP contribution < -0.4 is 0 Å². The Bertz CT molecular complexity index is 256. The average molecular weight is 180 g/mol. The van der Waals surface area contributed by atoms with Crippen LogP contribution in [0.25, 0.3) is 0 Å². The second-order valence-corrected chi connectivity index (χ2v) is 3.15. The highest BCUT2D eigenvalue weighted by Crippen LogP contribution is 2.21. The van der Waals surface area contributed by atoms with Crippen molar-refractivity contribution in [3.63, 3.8) is 0 Å². The molecular weight excluding hydrogens is 168 g/mol. The molecule has 0 heterocycles. The van der Waals surface area contributed by atoms with Crippen molar-refractivity contribution in [2.75, 3.05) is 0 Å². The smallest absolute Gasteiger partial charge is 0.193 e. The number of carbonyl (C=O) groups is 1. The topological polar surface area (TPSA) is 17.1 Å². The lowest BCUT2D eigenvalue weighted by Crippen LogP contribution is -2.04. The minimum Gasteiger partial charge on any atom is -0.287 e. The van der Waals surface area contributed by atoms with Crippen LogP contribution in [0.2, 0.25) is 0 Å². The number of benzene rings is 1. The number of rotatable bonds is 3. The van der Waals surface area contributed by atoms with Crippen molar-refractivity contribution >= 4 is 17.7 Å². The van der Waals surface area contributed by atoms with Gasteiger partial charge >= 0.3 is 0 Å². The van der Waals surface area contributed by atoms with E-state index in [0.29, 0.717) is 0 Å². The lowest BCUT2D eigenvalue weighted by atomic mass is 9.98. The molecule has 0 aliphatic heterocycles. The molecule has 64 valence electrons. The molecule has 1 nitrogen and oxygen atoms in total. The average Bonchev–Trinajstić information content (AvgIpc) is 2.07. The van der Waals surface area contributed by atoms with Gasteiger partial charge in [0.2, 0.25) is 0 Å². The maximum Gasteiger partial charge on any atom is 0.193 e. The maximum atomic E-state index is 11.0. The van der Waals surface area contributed by atoms with Crippen LogP contribution in [0.5, 0.6) is 0 Å². The van der Waals surface area contributed by atoms with Crippen LogP contribution in [0, 0.1) is 0 Å². The van der Waals surface area contributed by atoms with Crippen LogP contribution >= 0.6 is 12.6 Å². The highest BCUT2D eigenvalue weighted by atomic mass is 32.1. The Hall–Kier alpha value is -0.760. The fourth-order valence-electron chi connectivity index (χ4n) is 1.24. The summed E-state index contributed by atoms with van der Waals surface area (Å²) in [7, 11) is 0. The minimum atomic E-state index is -0.0521. The van der Waals surface area contributed by atoms with Crippen LogP contribution in [-0.4, -0.2) is 5.12 Å². The van der Waals surface area contributed by atoms with E-state index < -0.39 is 0 Å². The molecule has 1 atom stereocenters. The molecule has 0 aliphatic carbocycles. The Kier molecular flexibility index (Phi) is 3.35. The fourth-order valence-corrected chi connectivity index (χ4v) is 1.57. The molecule has 0 saturated heterocycles. The van der Waals surface area contributed by atoms with E-state index in [9.17, 15) is 4.79 Å². The molecule has 0 aliphatic rings. The van der Waals surface area contributed by atoms with Gasteiger partial charge in [-0.2, -0.15) is 0 Å². The Morgan fingerprint density at radius 1 is 1.42 bits per heavy atom. The van der Waals surface area contributed by atoms with Crippen LogP contribution in [-0.2, 0) is 4.79 Å². The Balaban J connectivity index is 2.88. The van der Waals surface area contributed by atoms with Gasteiger partial charge in [-0.15, -0.1) is 12.6 Å². The standard InChI is InChI=1S/C10H12OS/c1-2-9(10(11)12)8-6-4-3-5-7-8/h3-7,9H,2H2,1H3,(H,11,12)/t9-/m1/s1. The van der Waals surface area contributed by atoms with Crippen molar-refractivity contribution in [3.8, 4) is 0 Å². The highest BCUT2D eigenvalue weighted by Gasteiger charge is 2.13. The van der Waals surface area contributed by atoms with Gasteiger partial charge in [-0.05, 0) is 12.0 Å². The largest absolute Gasteiger partial charge is 0.287 e. The lowest BCUT2D eigenvalue weighted by molar-refractivity contribution is -0.112. The van der Waals surface area contributed by atoms with Crippen molar-refractivity contribution in [1.29, 1.82) is 0 Å². The zero-order valence-corrected chi connectivity index (χ0v) is 7.92. The summed E-state index contributed by atoms with van der Waals surface area (Å²) < 4.78 is 0. The van der Waals surface area contributed by atoms with Crippen molar-refractivity contribution < 1.29 is 4.79 Å². The second kappa shape index (κ2) is 4.31. The summed E-state index contributed by atoms with van der Waals surface area (Å²) in [6, 6.07) is 9.74. The van der Waals surface area contributed by atoms with Crippen LogP contribution in [0.3, 0.4) is 0 Å². The van der Waals surface area contributed by atoms with Crippen molar-refractivity contribution in [1.82, 2.24) is 0 Å². The molecule has 0 radical (unpaired) electrons. The Labute approximate surface area is 78.2 Å². The van der Waals surface area contributed by atoms with E-state index in [-0.39, 0.29) is 11.0 Å². The van der Waals surface area contributed by atoms with Gasteiger partial charge in [0, 0.05) is 0 Å². The summed E-state index contributed by atoms with van der Waals surface area (Å²) in [5.41, 5.74) is 1.06. The molecule has 1 rings (SSSR count). The molecule has 0 N–H and O–H groups in total. The molecule has 2 heteroatoms. The van der Waals surface area contributed by atoms with E-state index in [0.717, 1.165) is 12.0 Å². The first-order valence-electron chi connectivity index (χ1n) is 4.03. The van der Waals surface area contributed by atoms with Gasteiger partial charge < -0.3 is 0 Å². The third-order valence-electron chi connectivity index (χ3n) is 1.91. The first kappa shape index (κ1) is 9.33. The third kappa shape index (κ3) is 2.11. The van der Waals surface area contributed by atoms with Crippen LogP contribution in [0.15, 0.2) is 30.3 Å². The van der Waals surface area contributed by atoms with Crippen molar-refractivity contribution in [3.05, 3.63) is 35.9 Å². The van der Waals surface area contributed by atoms with E-state index in [4.69, 9.17) is 0 Å². The molecule has 0 bridgehead atoms. The fraction of sp³-hybridized carbons (Fsp3) is 0.300. The summed E-state index contributed by atoms with van der Waals surface area (Å²) in [6.07, 6.45) is 0.812. The number of thiol groups is 1. The molecule has 0 spiro atoms. The van der Waals surface area contributed by atoms with Gasteiger partial charge in [0.25, 0.3) is 0 Å². The highest BCUT2D eigenvalue weighted by molar-refractivity contribution is 7.96. The molecule has 0 amide bonds. The summed E-state index contributed by atoms with van der Waals surface area (Å²) in [4.78, 5) is 11.0. The molecule has 1 aromatic rings. The normalized spacial score (nSPS) is 12.5. The quantitative estimate of drug-likeness (QED) is 0.708. The van der Waals surface area contributed by atoms with E-state index >= 15 is 0 Å². The third-order valence-corrected chi connectivity index (χ3v) is 2.22. The predicted octanol–water partition coefficient (Wildman–Crippen LogP) is 2.64. The van der Waals surface area contributed by atoms with E-state index in [1.54, 1.807) is 0 Å². The van der Waals surface area contributed by atoms with Gasteiger partial charge in [0.15, 0.2) is 5.12 Å². The SMILES string of the molecule is CC[C@@H](C(=O)S)c1ccccc1. The summed E-state index contributed by atoms with van der Waals surface area (Å²) in [5.74, 6) is -0.0467. The molecule has 12 heavy (non-hydrogen) atoms. The molecule has 0 fully saturated rings. The van der Waals surface area contributed by atoms with Gasteiger partial charge in [-0.3, -0.25) is 4.79 Å². The van der Waals surface area contributed by atoms with Gasteiger partial charge in [0.1, 0.15) is 0 Å². The van der Waals surface area contributed by atoms with Gasteiger partial charge in [0.05, 0.1) is 5.92 Å². The Morgan fingerprint density at radius 3 is 2.42 bits per heavy atom. The van der Waals surface area contributed by atoms with Crippen molar-refractivity contribution in [2.24, 2.45) is 0 Å². The lowest BCUT2D eigenvalue weighted by Gasteiger charge is -2.09. The van der Waals surface area contributed by atoms with Crippen molar-refractivity contribution in [2.45, 2.75) is 19.3 Å². The molecule has 0 aromatic heterocycles. The first-order chi connectivity index (χ1) is 5.75. The summed E-state index contributed by atoms with van der Waals surface area (Å²) >= 11 is 3.85. The zero-order chi connectivity index (χ0) is 8.97. The number of hydrogen-bond donors (Lipinski definition) is 1. The summed E-state index contributed by atoms with van der Waals surface area (Å²) in [6.45, 7) is 1.99. The number of hydrogen-bond acceptors (Lipinski definition) is 1. The number of carbonyl (C=O) groups excluding carboxylic acids is 1. The monoisotopic (exact) mass is 180 g/mol.